The average Bonchev–Trinajstić information content (AvgIpc) is 2.38. The molecule has 0 saturated carbocycles. The van der Waals surface area contributed by atoms with E-state index in [4.69, 9.17) is 4.74 Å². The van der Waals surface area contributed by atoms with E-state index in [1.165, 1.54) is 26.0 Å². The van der Waals surface area contributed by atoms with Gasteiger partial charge in [0.15, 0.2) is 6.10 Å². The standard InChI is InChI=1S/C14H19FN2O4/c1-4-16-14(20)17-13(19)9(3)21-10-5-6-11(8(2)18)12(15)7-10/h5-9,18H,4H2,1-3H3,(H2,16,17,19,20)/t8-,9?/m1/s1. The van der Waals surface area contributed by atoms with Crippen LogP contribution in [0.4, 0.5) is 9.18 Å². The normalized spacial score (nSPS) is 13.2. The maximum Gasteiger partial charge on any atom is 0.321 e. The zero-order chi connectivity index (χ0) is 16.0. The molecule has 0 aliphatic heterocycles. The molecule has 0 aromatic heterocycles. The molecule has 1 rings (SSSR count). The molecule has 1 aromatic carbocycles. The van der Waals surface area contributed by atoms with Gasteiger partial charge in [-0.25, -0.2) is 9.18 Å². The van der Waals surface area contributed by atoms with E-state index < -0.39 is 30.0 Å². The number of amides is 3. The summed E-state index contributed by atoms with van der Waals surface area (Å²) in [6, 6.07) is 3.29. The van der Waals surface area contributed by atoms with Crippen molar-refractivity contribution in [1.82, 2.24) is 10.6 Å². The van der Waals surface area contributed by atoms with Crippen molar-refractivity contribution in [3.05, 3.63) is 29.6 Å². The highest BCUT2D eigenvalue weighted by atomic mass is 19.1. The Kier molecular flexibility index (Phi) is 6.10. The molecule has 2 atom stereocenters. The number of hydrogen-bond acceptors (Lipinski definition) is 4. The third-order valence-corrected chi connectivity index (χ3v) is 2.68. The van der Waals surface area contributed by atoms with Crippen LogP contribution in [0.3, 0.4) is 0 Å². The highest BCUT2D eigenvalue weighted by Crippen LogP contribution is 2.22. The van der Waals surface area contributed by atoms with Crippen LogP contribution in [-0.2, 0) is 4.79 Å². The summed E-state index contributed by atoms with van der Waals surface area (Å²) in [6.07, 6.45) is -1.90. The summed E-state index contributed by atoms with van der Waals surface area (Å²) in [5.41, 5.74) is 0.141. The molecule has 0 radical (unpaired) electrons. The third kappa shape index (κ3) is 5.03. The van der Waals surface area contributed by atoms with Crippen LogP contribution in [0.1, 0.15) is 32.4 Å². The zero-order valence-corrected chi connectivity index (χ0v) is 12.1. The molecule has 116 valence electrons. The molecule has 7 heteroatoms. The Bertz CT molecular complexity index is 520. The first kappa shape index (κ1) is 16.9. The molecule has 21 heavy (non-hydrogen) atoms. The molecule has 3 amide bonds. The quantitative estimate of drug-likeness (QED) is 0.768. The molecule has 1 unspecified atom stereocenters. The number of halogens is 1. The molecule has 0 spiro atoms. The molecule has 0 heterocycles. The molecule has 6 nitrogen and oxygen atoms in total. The number of benzene rings is 1. The van der Waals surface area contributed by atoms with Gasteiger partial charge in [-0.1, -0.05) is 0 Å². The van der Waals surface area contributed by atoms with Crippen molar-refractivity contribution in [2.24, 2.45) is 0 Å². The first-order chi connectivity index (χ1) is 9.85. The van der Waals surface area contributed by atoms with Crippen molar-refractivity contribution in [1.29, 1.82) is 0 Å². The monoisotopic (exact) mass is 298 g/mol. The van der Waals surface area contributed by atoms with Crippen LogP contribution in [0.5, 0.6) is 5.75 Å². The van der Waals surface area contributed by atoms with Crippen LogP contribution in [0.15, 0.2) is 18.2 Å². The van der Waals surface area contributed by atoms with Gasteiger partial charge in [0.2, 0.25) is 0 Å². The highest BCUT2D eigenvalue weighted by molar-refractivity contribution is 5.96. The van der Waals surface area contributed by atoms with Crippen LogP contribution < -0.4 is 15.4 Å². The third-order valence-electron chi connectivity index (χ3n) is 2.68. The van der Waals surface area contributed by atoms with E-state index in [1.54, 1.807) is 6.92 Å². The van der Waals surface area contributed by atoms with Gasteiger partial charge in [0, 0.05) is 18.2 Å². The van der Waals surface area contributed by atoms with Gasteiger partial charge in [-0.15, -0.1) is 0 Å². The topological polar surface area (TPSA) is 87.7 Å². The smallest absolute Gasteiger partial charge is 0.321 e. The number of carbonyl (C=O) groups excluding carboxylic acids is 2. The van der Waals surface area contributed by atoms with Gasteiger partial charge in [0.1, 0.15) is 11.6 Å². The van der Waals surface area contributed by atoms with Gasteiger partial charge in [0.05, 0.1) is 6.10 Å². The summed E-state index contributed by atoms with van der Waals surface area (Å²) in [4.78, 5) is 22.9. The first-order valence-corrected chi connectivity index (χ1v) is 6.58. The maximum atomic E-state index is 13.7. The number of carbonyl (C=O) groups is 2. The Hall–Kier alpha value is -2.15. The summed E-state index contributed by atoms with van der Waals surface area (Å²) in [5.74, 6) is -1.13. The second-order valence-corrected chi connectivity index (χ2v) is 4.47. The number of aliphatic hydroxyl groups is 1. The molecule has 0 fully saturated rings. The van der Waals surface area contributed by atoms with E-state index in [0.29, 0.717) is 6.54 Å². The second-order valence-electron chi connectivity index (χ2n) is 4.47. The van der Waals surface area contributed by atoms with E-state index in [-0.39, 0.29) is 11.3 Å². The Morgan fingerprint density at radius 1 is 1.38 bits per heavy atom. The molecule has 0 saturated heterocycles. The lowest BCUT2D eigenvalue weighted by atomic mass is 10.1. The molecule has 0 aliphatic carbocycles. The lowest BCUT2D eigenvalue weighted by Crippen LogP contribution is -2.45. The molecule has 1 aromatic rings. The number of aliphatic hydroxyl groups excluding tert-OH is 1. The SMILES string of the molecule is CCNC(=O)NC(=O)C(C)Oc1ccc([C@@H](C)O)c(F)c1. The minimum absolute atomic E-state index is 0.135. The second kappa shape index (κ2) is 7.58. The summed E-state index contributed by atoms with van der Waals surface area (Å²) in [7, 11) is 0. The molecular formula is C14H19FN2O4. The van der Waals surface area contributed by atoms with Crippen molar-refractivity contribution >= 4 is 11.9 Å². The van der Waals surface area contributed by atoms with Gasteiger partial charge in [-0.2, -0.15) is 0 Å². The van der Waals surface area contributed by atoms with Gasteiger partial charge >= 0.3 is 6.03 Å². The fraction of sp³-hybridized carbons (Fsp3) is 0.429. The maximum absolute atomic E-state index is 13.7. The van der Waals surface area contributed by atoms with E-state index in [0.717, 1.165) is 6.07 Å². The fourth-order valence-electron chi connectivity index (χ4n) is 1.60. The molecular weight excluding hydrogens is 279 g/mol. The van der Waals surface area contributed by atoms with Crippen molar-refractivity contribution < 1.29 is 23.8 Å². The number of rotatable bonds is 5. The lowest BCUT2D eigenvalue weighted by Gasteiger charge is -2.15. The Morgan fingerprint density at radius 3 is 2.57 bits per heavy atom. The molecule has 0 aliphatic rings. The van der Waals surface area contributed by atoms with Crippen molar-refractivity contribution in [2.45, 2.75) is 33.0 Å². The number of urea groups is 1. The van der Waals surface area contributed by atoms with Gasteiger partial charge in [0.25, 0.3) is 5.91 Å². The van der Waals surface area contributed by atoms with Gasteiger partial charge < -0.3 is 15.2 Å². The predicted octanol–water partition coefficient (Wildman–Crippen LogP) is 1.49. The molecule has 0 bridgehead atoms. The van der Waals surface area contributed by atoms with Crippen molar-refractivity contribution in [2.75, 3.05) is 6.54 Å². The minimum Gasteiger partial charge on any atom is -0.481 e. The minimum atomic E-state index is -0.968. The van der Waals surface area contributed by atoms with E-state index in [1.807, 2.05) is 0 Å². The largest absolute Gasteiger partial charge is 0.481 e. The van der Waals surface area contributed by atoms with Crippen molar-refractivity contribution in [3.63, 3.8) is 0 Å². The predicted molar refractivity (Wildman–Crippen MR) is 74.3 cm³/mol. The van der Waals surface area contributed by atoms with Crippen LogP contribution >= 0.6 is 0 Å². The van der Waals surface area contributed by atoms with E-state index >= 15 is 0 Å². The molecule has 3 N–H and O–H groups in total. The highest BCUT2D eigenvalue weighted by Gasteiger charge is 2.18. The van der Waals surface area contributed by atoms with Gasteiger partial charge in [-0.3, -0.25) is 10.1 Å². The summed E-state index contributed by atoms with van der Waals surface area (Å²) >= 11 is 0. The zero-order valence-electron chi connectivity index (χ0n) is 12.1. The fourth-order valence-corrected chi connectivity index (χ4v) is 1.60. The Balaban J connectivity index is 2.66. The average molecular weight is 298 g/mol. The number of hydrogen-bond donors (Lipinski definition) is 3. The van der Waals surface area contributed by atoms with Gasteiger partial charge in [-0.05, 0) is 32.9 Å². The van der Waals surface area contributed by atoms with E-state index in [9.17, 15) is 19.1 Å². The summed E-state index contributed by atoms with van der Waals surface area (Å²) in [6.45, 7) is 4.99. The first-order valence-electron chi connectivity index (χ1n) is 6.58. The number of ether oxygens (including phenoxy) is 1. The Morgan fingerprint density at radius 2 is 2.05 bits per heavy atom. The van der Waals surface area contributed by atoms with Crippen LogP contribution in [0.25, 0.3) is 0 Å². The van der Waals surface area contributed by atoms with Crippen molar-refractivity contribution in [3.8, 4) is 5.75 Å². The number of nitrogens with one attached hydrogen (secondary N) is 2. The van der Waals surface area contributed by atoms with E-state index in [2.05, 4.69) is 10.6 Å². The van der Waals surface area contributed by atoms with Crippen LogP contribution in [-0.4, -0.2) is 29.7 Å². The lowest BCUT2D eigenvalue weighted by molar-refractivity contribution is -0.126. The number of imide groups is 1. The summed E-state index contributed by atoms with van der Waals surface area (Å²) in [5, 5.41) is 13.8. The Labute approximate surface area is 122 Å². The summed E-state index contributed by atoms with van der Waals surface area (Å²) < 4.78 is 18.9. The van der Waals surface area contributed by atoms with Crippen LogP contribution in [0.2, 0.25) is 0 Å². The van der Waals surface area contributed by atoms with Crippen LogP contribution in [0, 0.1) is 5.82 Å².